The zero-order chi connectivity index (χ0) is 52.8. The number of morpholine rings is 2. The van der Waals surface area contributed by atoms with Gasteiger partial charge in [0.05, 0.1) is 84.5 Å². The zero-order valence-corrected chi connectivity index (χ0v) is 42.7. The summed E-state index contributed by atoms with van der Waals surface area (Å²) in [7, 11) is 0. The van der Waals surface area contributed by atoms with Gasteiger partial charge in [0.1, 0.15) is 23.7 Å². The van der Waals surface area contributed by atoms with Gasteiger partial charge in [0.2, 0.25) is 0 Å². The van der Waals surface area contributed by atoms with Crippen molar-refractivity contribution in [2.75, 3.05) is 100 Å². The minimum atomic E-state index is -0.0273. The van der Waals surface area contributed by atoms with Crippen LogP contribution in [0.4, 0.5) is 23.0 Å². The van der Waals surface area contributed by atoms with E-state index in [0.717, 1.165) is 113 Å². The molecule has 4 aromatic carbocycles. The van der Waals surface area contributed by atoms with Gasteiger partial charge in [0.15, 0.2) is 0 Å². The molecule has 0 aliphatic carbocycles. The molecule has 7 heterocycles. The molecule has 0 atom stereocenters. The highest BCUT2D eigenvalue weighted by atomic mass is 16.5. The number of hydrogen-bond acceptors (Lipinski definition) is 14. The van der Waals surface area contributed by atoms with Crippen molar-refractivity contribution >= 4 is 52.1 Å². The van der Waals surface area contributed by atoms with E-state index in [-0.39, 0.29) is 11.8 Å². The molecule has 2 amide bonds. The van der Waals surface area contributed by atoms with Crippen LogP contribution in [0, 0.1) is 50.4 Å². The number of nitrogens with one attached hydrogen (secondary N) is 1. The highest BCUT2D eigenvalue weighted by Crippen LogP contribution is 2.33. The van der Waals surface area contributed by atoms with Crippen LogP contribution in [-0.2, 0) is 9.47 Å². The van der Waals surface area contributed by atoms with Crippen molar-refractivity contribution in [1.29, 1.82) is 10.5 Å². The number of rotatable bonds is 8. The number of aryl methyl sites for hydroxylation is 4. The molecule has 0 radical (unpaired) electrons. The number of anilines is 4. The fourth-order valence-electron chi connectivity index (χ4n) is 9.70. The number of nitrogens with two attached hydrogens (primary N) is 2. The number of nitriles is 2. The molecular formula is C58H60N12O5. The molecule has 4 fully saturated rings. The van der Waals surface area contributed by atoms with Gasteiger partial charge < -0.3 is 45.5 Å². The highest BCUT2D eigenvalue weighted by molar-refractivity contribution is 5.99. The van der Waals surface area contributed by atoms with Crippen LogP contribution >= 0.6 is 0 Å². The Hall–Kier alpha value is -8.64. The van der Waals surface area contributed by atoms with E-state index < -0.39 is 0 Å². The first kappa shape index (κ1) is 51.3. The maximum atomic E-state index is 13.4. The first-order chi connectivity index (χ1) is 36.3. The van der Waals surface area contributed by atoms with E-state index in [1.165, 1.54) is 0 Å². The number of aromatic amines is 1. The summed E-state index contributed by atoms with van der Waals surface area (Å²) in [5, 5.41) is 17.9. The maximum absolute atomic E-state index is 13.4. The average molecular weight is 1010 g/mol. The maximum Gasteiger partial charge on any atom is 0.254 e. The molecule has 11 rings (SSSR count). The van der Waals surface area contributed by atoms with Gasteiger partial charge in [0, 0.05) is 98.6 Å². The predicted molar refractivity (Wildman–Crippen MR) is 289 cm³/mol. The lowest BCUT2D eigenvalue weighted by Crippen LogP contribution is -2.48. The number of ether oxygens (including phenoxy) is 2. The van der Waals surface area contributed by atoms with Crippen molar-refractivity contribution in [3.8, 4) is 23.5 Å². The molecule has 17 heteroatoms. The number of carbonyl (C=O) groups is 3. The minimum absolute atomic E-state index is 0.0273. The third-order valence-corrected chi connectivity index (χ3v) is 14.4. The number of imidazole rings is 1. The molecule has 0 saturated carbocycles. The van der Waals surface area contributed by atoms with Crippen molar-refractivity contribution in [2.24, 2.45) is 0 Å². The van der Waals surface area contributed by atoms with Crippen LogP contribution in [0.3, 0.4) is 0 Å². The zero-order valence-electron chi connectivity index (χ0n) is 42.7. The Morgan fingerprint density at radius 3 is 1.60 bits per heavy atom. The molecule has 3 aromatic heterocycles. The highest BCUT2D eigenvalue weighted by Gasteiger charge is 2.34. The van der Waals surface area contributed by atoms with E-state index in [9.17, 15) is 14.4 Å². The lowest BCUT2D eigenvalue weighted by Gasteiger charge is -2.40. The van der Waals surface area contributed by atoms with Crippen LogP contribution in [0.25, 0.3) is 22.4 Å². The molecule has 0 bridgehead atoms. The van der Waals surface area contributed by atoms with Gasteiger partial charge in [-0.3, -0.25) is 14.4 Å². The molecule has 0 unspecified atom stereocenters. The van der Waals surface area contributed by atoms with Gasteiger partial charge in [-0.05, 0) is 97.5 Å². The molecular weight excluding hydrogens is 945 g/mol. The Labute approximate surface area is 436 Å². The fraction of sp³-hybridized carbons (Fsp3) is 0.310. The number of fused-ring (bicyclic) bond motifs is 1. The van der Waals surface area contributed by atoms with Crippen molar-refractivity contribution in [2.45, 2.75) is 39.5 Å². The van der Waals surface area contributed by atoms with Crippen LogP contribution in [0.1, 0.15) is 87.4 Å². The van der Waals surface area contributed by atoms with Gasteiger partial charge in [-0.1, -0.05) is 36.4 Å². The fourth-order valence-corrected chi connectivity index (χ4v) is 9.70. The van der Waals surface area contributed by atoms with Crippen LogP contribution in [0.15, 0.2) is 97.3 Å². The number of aromatic nitrogens is 4. The Kier molecular flexibility index (Phi) is 15.5. The summed E-state index contributed by atoms with van der Waals surface area (Å²) in [6, 6.07) is 30.8. The van der Waals surface area contributed by atoms with Gasteiger partial charge in [-0.25, -0.2) is 15.0 Å². The molecule has 75 heavy (non-hydrogen) atoms. The van der Waals surface area contributed by atoms with Crippen molar-refractivity contribution in [1.82, 2.24) is 29.7 Å². The summed E-state index contributed by atoms with van der Waals surface area (Å²) in [6.07, 6.45) is 4.22. The van der Waals surface area contributed by atoms with Gasteiger partial charge in [-0.15, -0.1) is 0 Å². The normalized spacial score (nSPS) is 15.5. The number of nitrogens with zero attached hydrogens (tertiary/aromatic N) is 9. The summed E-state index contributed by atoms with van der Waals surface area (Å²) in [5.74, 6) is 3.13. The summed E-state index contributed by atoms with van der Waals surface area (Å²) < 4.78 is 10.7. The molecule has 7 aromatic rings. The predicted octanol–water partition coefficient (Wildman–Crippen LogP) is 7.50. The van der Waals surface area contributed by atoms with E-state index in [1.807, 2.05) is 93.4 Å². The summed E-state index contributed by atoms with van der Waals surface area (Å²) in [5.41, 5.74) is 24.3. The van der Waals surface area contributed by atoms with Gasteiger partial charge in [-0.2, -0.15) is 10.5 Å². The number of H-pyrrole nitrogens is 1. The van der Waals surface area contributed by atoms with E-state index in [0.29, 0.717) is 90.4 Å². The first-order valence-electron chi connectivity index (χ1n) is 25.1. The number of benzene rings is 4. The number of nitrogen functional groups attached to an aromatic ring is 2. The third-order valence-electron chi connectivity index (χ3n) is 14.4. The Balaban J connectivity index is 0.000000154. The summed E-state index contributed by atoms with van der Waals surface area (Å²) >= 11 is 0. The second-order valence-electron chi connectivity index (χ2n) is 19.4. The SMILES string of the molecule is Cc1cc(C)c(-c2nc3cc(N4CCOCC4)ncc3[nH]2)cc1C(=O)N1CC(c2ccc(C#N)cc2)C1.Cc1cc(C)c(C(=O)N2CC(c3ccc(C#N)cc3)C2)cc1C=O.Nc1cnc(N2CCOCC2)cc1N. The smallest absolute Gasteiger partial charge is 0.254 e. The average Bonchev–Trinajstić information content (AvgIpc) is 3.83. The second kappa shape index (κ2) is 22.6. The molecule has 4 aliphatic heterocycles. The van der Waals surface area contributed by atoms with Crippen LogP contribution in [0.2, 0.25) is 0 Å². The standard InChI is InChI=1S/C29H28N6O2.C20H18N2O2.C9H14N4O/c1-18-11-19(2)24(29(36)35-16-22(17-35)21-5-3-20(14-30)4-6-21)12-23(18)28-32-25-13-27(31-15-26(25)33-28)34-7-9-37-10-8-34;1-13-7-14(2)19(8-17(13)12-23)20(24)22-10-18(11-22)16-5-3-15(9-21)4-6-16;10-7-5-9(12-6-8(7)11)13-1-3-14-4-2-13/h3-6,11-13,15,22H,7-10,16-17H2,1-2H3,(H,32,33);3-8,12,18H,10-11H2,1-2H3;5-6H,1-4,11H2,(H2,10,12). The minimum Gasteiger partial charge on any atom is -0.397 e. The van der Waals surface area contributed by atoms with E-state index in [1.54, 1.807) is 35.4 Å². The molecule has 4 aliphatic rings. The second-order valence-corrected chi connectivity index (χ2v) is 19.4. The van der Waals surface area contributed by atoms with Crippen LogP contribution in [-0.4, -0.2) is 127 Å². The Morgan fingerprint density at radius 2 is 1.11 bits per heavy atom. The molecule has 382 valence electrons. The monoisotopic (exact) mass is 1000 g/mol. The van der Waals surface area contributed by atoms with E-state index >= 15 is 0 Å². The van der Waals surface area contributed by atoms with E-state index in [2.05, 4.69) is 43.0 Å². The largest absolute Gasteiger partial charge is 0.397 e. The molecule has 0 spiro atoms. The number of carbonyl (C=O) groups excluding carboxylic acids is 3. The molecule has 5 N–H and O–H groups in total. The topological polar surface area (TPSA) is 237 Å². The molecule has 4 saturated heterocycles. The summed E-state index contributed by atoms with van der Waals surface area (Å²) in [6.45, 7) is 16.7. The lowest BCUT2D eigenvalue weighted by molar-refractivity contribution is 0.0595. The quantitative estimate of drug-likeness (QED) is 0.125. The first-order valence-corrected chi connectivity index (χ1v) is 25.1. The summed E-state index contributed by atoms with van der Waals surface area (Å²) in [4.78, 5) is 62.4. The van der Waals surface area contributed by atoms with Gasteiger partial charge >= 0.3 is 0 Å². The third kappa shape index (κ3) is 11.5. The van der Waals surface area contributed by atoms with Crippen molar-refractivity contribution < 1.29 is 23.9 Å². The van der Waals surface area contributed by atoms with Crippen LogP contribution < -0.4 is 21.3 Å². The number of aldehydes is 1. The van der Waals surface area contributed by atoms with Crippen molar-refractivity contribution in [3.05, 3.63) is 159 Å². The molecule has 17 nitrogen and oxygen atoms in total. The lowest BCUT2D eigenvalue weighted by atomic mass is 9.89. The van der Waals surface area contributed by atoms with Crippen molar-refractivity contribution in [3.63, 3.8) is 0 Å². The van der Waals surface area contributed by atoms with Crippen LogP contribution in [0.5, 0.6) is 0 Å². The Morgan fingerprint density at radius 1 is 0.627 bits per heavy atom. The number of pyridine rings is 2. The number of hydrogen-bond donors (Lipinski definition) is 3. The number of likely N-dealkylation sites (tertiary alicyclic amines) is 2. The Bertz CT molecular complexity index is 3320. The van der Waals surface area contributed by atoms with Gasteiger partial charge in [0.25, 0.3) is 11.8 Å². The number of amides is 2. The van der Waals surface area contributed by atoms with E-state index in [4.69, 9.17) is 36.4 Å².